The number of nitrogens with two attached hydrogens (primary N) is 1. The number of aromatic nitrogens is 2. The van der Waals surface area contributed by atoms with E-state index in [1.807, 2.05) is 6.92 Å². The van der Waals surface area contributed by atoms with Crippen LogP contribution in [0.25, 0.3) is 0 Å². The Kier molecular flexibility index (Phi) is 10.9. The molecule has 14 heteroatoms. The second kappa shape index (κ2) is 13.1. The molecule has 5 atom stereocenters. The number of carbonyl (C=O) groups is 5. The summed E-state index contributed by atoms with van der Waals surface area (Å²) in [5.41, 5.74) is 6.25. The molecule has 1 rings (SSSR count). The van der Waals surface area contributed by atoms with Gasteiger partial charge in [0.25, 0.3) is 0 Å². The van der Waals surface area contributed by atoms with Gasteiger partial charge in [-0.2, -0.15) is 0 Å². The van der Waals surface area contributed by atoms with Crippen molar-refractivity contribution in [2.45, 2.75) is 57.3 Å². The molecule has 0 aliphatic carbocycles. The summed E-state index contributed by atoms with van der Waals surface area (Å²) in [6.45, 7) is 2.65. The van der Waals surface area contributed by atoms with Crippen LogP contribution >= 0.6 is 0 Å². The summed E-state index contributed by atoms with van der Waals surface area (Å²) < 4.78 is 0. The number of hydrogen-bond donors (Lipinski definition) is 8. The predicted octanol–water partition coefficient (Wildman–Crippen LogP) is -2.67. The molecule has 0 saturated carbocycles. The van der Waals surface area contributed by atoms with Crippen LogP contribution in [0.4, 0.5) is 0 Å². The Hall–Kier alpha value is -3.52. The van der Waals surface area contributed by atoms with Gasteiger partial charge in [-0.25, -0.2) is 9.78 Å². The van der Waals surface area contributed by atoms with Gasteiger partial charge in [-0.3, -0.25) is 19.2 Å². The first kappa shape index (κ1) is 27.5. The zero-order chi connectivity index (χ0) is 25.1. The summed E-state index contributed by atoms with van der Waals surface area (Å²) in [6.07, 6.45) is 2.33. The Morgan fingerprint density at radius 1 is 1.03 bits per heavy atom. The van der Waals surface area contributed by atoms with Gasteiger partial charge in [0.05, 0.1) is 25.4 Å². The molecule has 0 aliphatic heterocycles. The van der Waals surface area contributed by atoms with Gasteiger partial charge in [0, 0.05) is 18.3 Å². The Labute approximate surface area is 189 Å². The first-order chi connectivity index (χ1) is 15.5. The summed E-state index contributed by atoms with van der Waals surface area (Å²) in [7, 11) is 0. The molecule has 33 heavy (non-hydrogen) atoms. The van der Waals surface area contributed by atoms with Crippen LogP contribution in [-0.4, -0.2) is 85.7 Å². The van der Waals surface area contributed by atoms with Crippen LogP contribution in [0.5, 0.6) is 0 Å². The standard InChI is InChI=1S/C19H30N6O8/c1-3-9(2)15(20)18(31)24-12(5-14(27)28)17(30)23-11(4-10-6-21-8-22-10)16(29)25-13(7-26)19(32)33/h6,8-9,11-13,15,26H,3-5,7,20H2,1-2H3,(H,21,22)(H,23,30)(H,24,31)(H,25,29)(H,27,28)(H,32,33). The zero-order valence-corrected chi connectivity index (χ0v) is 18.3. The van der Waals surface area contributed by atoms with Crippen LogP contribution in [0.1, 0.15) is 32.4 Å². The van der Waals surface area contributed by atoms with Crippen molar-refractivity contribution in [1.29, 1.82) is 0 Å². The Morgan fingerprint density at radius 3 is 2.09 bits per heavy atom. The topological polar surface area (TPSA) is 237 Å². The number of rotatable bonds is 14. The van der Waals surface area contributed by atoms with E-state index in [0.717, 1.165) is 0 Å². The molecule has 0 spiro atoms. The second-order valence-corrected chi connectivity index (χ2v) is 7.49. The number of amides is 3. The lowest BCUT2D eigenvalue weighted by Crippen LogP contribution is -2.58. The molecule has 0 aliphatic rings. The first-order valence-electron chi connectivity index (χ1n) is 10.2. The predicted molar refractivity (Wildman–Crippen MR) is 112 cm³/mol. The van der Waals surface area contributed by atoms with Crippen LogP contribution in [0.2, 0.25) is 0 Å². The van der Waals surface area contributed by atoms with E-state index < -0.39 is 66.9 Å². The maximum absolute atomic E-state index is 12.8. The number of aliphatic hydroxyl groups is 1. The minimum atomic E-state index is -1.62. The molecule has 5 unspecified atom stereocenters. The van der Waals surface area contributed by atoms with E-state index in [-0.39, 0.29) is 12.3 Å². The SMILES string of the molecule is CCC(C)C(N)C(=O)NC(CC(=O)O)C(=O)NC(Cc1cnc[nH]1)C(=O)NC(CO)C(=O)O. The summed E-state index contributed by atoms with van der Waals surface area (Å²) in [5, 5.41) is 34.0. The Bertz CT molecular complexity index is 830. The number of aliphatic hydroxyl groups excluding tert-OH is 1. The minimum Gasteiger partial charge on any atom is -0.481 e. The average molecular weight is 470 g/mol. The maximum atomic E-state index is 12.8. The highest BCUT2D eigenvalue weighted by molar-refractivity contribution is 5.95. The van der Waals surface area contributed by atoms with E-state index in [4.69, 9.17) is 21.1 Å². The third-order valence-electron chi connectivity index (χ3n) is 4.98. The van der Waals surface area contributed by atoms with Crippen molar-refractivity contribution in [3.63, 3.8) is 0 Å². The average Bonchev–Trinajstić information content (AvgIpc) is 3.27. The van der Waals surface area contributed by atoms with E-state index in [2.05, 4.69) is 25.9 Å². The molecule has 1 aromatic heterocycles. The van der Waals surface area contributed by atoms with Crippen molar-refractivity contribution < 1.29 is 39.3 Å². The van der Waals surface area contributed by atoms with E-state index >= 15 is 0 Å². The van der Waals surface area contributed by atoms with Gasteiger partial charge in [0.2, 0.25) is 17.7 Å². The van der Waals surface area contributed by atoms with Crippen molar-refractivity contribution in [1.82, 2.24) is 25.9 Å². The molecular weight excluding hydrogens is 440 g/mol. The lowest BCUT2D eigenvalue weighted by molar-refractivity contribution is -0.144. The summed E-state index contributed by atoms with van der Waals surface area (Å²) in [4.78, 5) is 66.7. The number of nitrogens with one attached hydrogen (secondary N) is 4. The van der Waals surface area contributed by atoms with E-state index in [0.29, 0.717) is 12.1 Å². The highest BCUT2D eigenvalue weighted by Gasteiger charge is 2.32. The lowest BCUT2D eigenvalue weighted by Gasteiger charge is -2.25. The summed E-state index contributed by atoms with van der Waals surface area (Å²) >= 11 is 0. The smallest absolute Gasteiger partial charge is 0.328 e. The van der Waals surface area contributed by atoms with Crippen LogP contribution in [0, 0.1) is 5.92 Å². The van der Waals surface area contributed by atoms with Crippen LogP contribution in [0.15, 0.2) is 12.5 Å². The Balaban J connectivity index is 3.05. The number of aliphatic carboxylic acids is 2. The van der Waals surface area contributed by atoms with Gasteiger partial charge in [0.15, 0.2) is 0 Å². The number of carboxylic acid groups (broad SMARTS) is 2. The number of carbonyl (C=O) groups excluding carboxylic acids is 3. The lowest BCUT2D eigenvalue weighted by atomic mass is 9.99. The highest BCUT2D eigenvalue weighted by Crippen LogP contribution is 2.07. The van der Waals surface area contributed by atoms with E-state index in [1.165, 1.54) is 12.5 Å². The van der Waals surface area contributed by atoms with E-state index in [1.54, 1.807) is 6.92 Å². The van der Waals surface area contributed by atoms with Gasteiger partial charge in [-0.1, -0.05) is 20.3 Å². The van der Waals surface area contributed by atoms with Crippen molar-refractivity contribution in [2.75, 3.05) is 6.61 Å². The number of H-pyrrole nitrogens is 1. The molecule has 0 bridgehead atoms. The quantitative estimate of drug-likeness (QED) is 0.140. The summed E-state index contributed by atoms with van der Waals surface area (Å²) in [5.74, 6) is -5.77. The van der Waals surface area contributed by atoms with Gasteiger partial charge in [0.1, 0.15) is 18.1 Å². The third kappa shape index (κ3) is 8.86. The van der Waals surface area contributed by atoms with Crippen molar-refractivity contribution in [2.24, 2.45) is 11.7 Å². The molecule has 0 aromatic carbocycles. The van der Waals surface area contributed by atoms with Crippen molar-refractivity contribution in [3.8, 4) is 0 Å². The number of hydrogen-bond acceptors (Lipinski definition) is 8. The molecule has 0 fully saturated rings. The fourth-order valence-corrected chi connectivity index (χ4v) is 2.72. The van der Waals surface area contributed by atoms with Gasteiger partial charge >= 0.3 is 11.9 Å². The zero-order valence-electron chi connectivity index (χ0n) is 18.3. The molecule has 1 heterocycles. The fourth-order valence-electron chi connectivity index (χ4n) is 2.72. The van der Waals surface area contributed by atoms with Crippen LogP contribution in [-0.2, 0) is 30.4 Å². The molecule has 14 nitrogen and oxygen atoms in total. The van der Waals surface area contributed by atoms with E-state index in [9.17, 15) is 24.0 Å². The maximum Gasteiger partial charge on any atom is 0.328 e. The largest absolute Gasteiger partial charge is 0.481 e. The number of aromatic amines is 1. The molecule has 184 valence electrons. The fraction of sp³-hybridized carbons (Fsp3) is 0.579. The van der Waals surface area contributed by atoms with Crippen molar-refractivity contribution in [3.05, 3.63) is 18.2 Å². The van der Waals surface area contributed by atoms with Crippen LogP contribution < -0.4 is 21.7 Å². The van der Waals surface area contributed by atoms with Gasteiger partial charge < -0.3 is 42.0 Å². The van der Waals surface area contributed by atoms with Gasteiger partial charge in [-0.05, 0) is 5.92 Å². The normalized spacial score (nSPS) is 15.4. The second-order valence-electron chi connectivity index (χ2n) is 7.49. The molecule has 1 aromatic rings. The number of carboxylic acids is 2. The monoisotopic (exact) mass is 470 g/mol. The molecule has 0 saturated heterocycles. The van der Waals surface area contributed by atoms with Crippen molar-refractivity contribution >= 4 is 29.7 Å². The number of nitrogens with zero attached hydrogens (tertiary/aromatic N) is 1. The first-order valence-corrected chi connectivity index (χ1v) is 10.2. The number of imidazole rings is 1. The molecule has 0 radical (unpaired) electrons. The highest BCUT2D eigenvalue weighted by atomic mass is 16.4. The van der Waals surface area contributed by atoms with Crippen LogP contribution in [0.3, 0.4) is 0 Å². The molecule has 3 amide bonds. The molecule has 9 N–H and O–H groups in total. The molecular formula is C19H30N6O8. The minimum absolute atomic E-state index is 0.157. The third-order valence-corrected chi connectivity index (χ3v) is 4.98. The Morgan fingerprint density at radius 2 is 1.61 bits per heavy atom. The summed E-state index contributed by atoms with van der Waals surface area (Å²) in [6, 6.07) is -5.52. The van der Waals surface area contributed by atoms with Gasteiger partial charge in [-0.15, -0.1) is 0 Å².